The van der Waals surface area contributed by atoms with Crippen molar-refractivity contribution in [3.05, 3.63) is 41.3 Å². The summed E-state index contributed by atoms with van der Waals surface area (Å²) in [5.41, 5.74) is 8.09. The summed E-state index contributed by atoms with van der Waals surface area (Å²) in [7, 11) is 1.77. The number of rotatable bonds is 4. The predicted octanol–water partition coefficient (Wildman–Crippen LogP) is 2.56. The molecule has 0 radical (unpaired) electrons. The van der Waals surface area contributed by atoms with Gasteiger partial charge in [0.15, 0.2) is 11.6 Å². The van der Waals surface area contributed by atoms with E-state index in [1.165, 1.54) is 4.68 Å². The number of hydrogen-bond acceptors (Lipinski definition) is 5. The first-order valence-electron chi connectivity index (χ1n) is 9.33. The van der Waals surface area contributed by atoms with Crippen LogP contribution in [0.25, 0.3) is 22.8 Å². The van der Waals surface area contributed by atoms with Gasteiger partial charge >= 0.3 is 0 Å². The average molecular weight is 393 g/mol. The largest absolute Gasteiger partial charge is 0.466 e. The molecule has 0 fully saturated rings. The summed E-state index contributed by atoms with van der Waals surface area (Å²) in [6, 6.07) is 7.58. The van der Waals surface area contributed by atoms with Crippen LogP contribution in [0.3, 0.4) is 0 Å². The van der Waals surface area contributed by atoms with E-state index in [1.54, 1.807) is 11.9 Å². The van der Waals surface area contributed by atoms with Gasteiger partial charge in [-0.15, -0.1) is 5.10 Å². The molecule has 3 aromatic rings. The SMILES string of the molecule is Cc1cc(-c2nc(-c3ccc4c(c3)C(C)(C)C(=O)N4C)n(CC(N)=O)n2)c(C)o1. The standard InChI is InChI=1S/C21H23N5O3/c1-11-8-14(12(2)29-11)18-23-19(26(24-18)10-17(22)27)13-6-7-16-15(9-13)21(3,4)20(28)25(16)5/h6-9H,10H2,1-5H3,(H2,22,27). The lowest BCUT2D eigenvalue weighted by Gasteiger charge is -2.16. The number of carbonyl (C=O) groups excluding carboxylic acids is 2. The summed E-state index contributed by atoms with van der Waals surface area (Å²) in [5.74, 6) is 1.95. The third kappa shape index (κ3) is 2.91. The van der Waals surface area contributed by atoms with E-state index in [0.29, 0.717) is 17.4 Å². The number of benzene rings is 1. The van der Waals surface area contributed by atoms with E-state index < -0.39 is 11.3 Å². The Morgan fingerprint density at radius 3 is 2.59 bits per heavy atom. The molecule has 0 unspecified atom stereocenters. The van der Waals surface area contributed by atoms with Crippen LogP contribution in [-0.2, 0) is 21.5 Å². The summed E-state index contributed by atoms with van der Waals surface area (Å²) in [6.45, 7) is 7.40. The first-order chi connectivity index (χ1) is 13.6. The highest BCUT2D eigenvalue weighted by Crippen LogP contribution is 2.42. The Morgan fingerprint density at radius 2 is 1.97 bits per heavy atom. The number of likely N-dealkylation sites (N-methyl/N-ethyl adjacent to an activating group) is 1. The molecule has 4 rings (SSSR count). The highest BCUT2D eigenvalue weighted by molar-refractivity contribution is 6.07. The van der Waals surface area contributed by atoms with Crippen LogP contribution < -0.4 is 10.6 Å². The van der Waals surface area contributed by atoms with E-state index in [0.717, 1.165) is 28.1 Å². The van der Waals surface area contributed by atoms with E-state index in [1.807, 2.05) is 52.0 Å². The van der Waals surface area contributed by atoms with Crippen LogP contribution in [0.5, 0.6) is 0 Å². The Bertz CT molecular complexity index is 1160. The van der Waals surface area contributed by atoms with Crippen LogP contribution in [0.15, 0.2) is 28.7 Å². The molecule has 0 atom stereocenters. The predicted molar refractivity (Wildman–Crippen MR) is 108 cm³/mol. The molecule has 0 spiro atoms. The van der Waals surface area contributed by atoms with Crippen LogP contribution in [0, 0.1) is 13.8 Å². The van der Waals surface area contributed by atoms with Crippen molar-refractivity contribution in [2.75, 3.05) is 11.9 Å². The molecule has 29 heavy (non-hydrogen) atoms. The van der Waals surface area contributed by atoms with Crippen molar-refractivity contribution in [3.8, 4) is 22.8 Å². The van der Waals surface area contributed by atoms with Crippen LogP contribution >= 0.6 is 0 Å². The molecule has 0 saturated heterocycles. The third-order valence-electron chi connectivity index (χ3n) is 5.39. The summed E-state index contributed by atoms with van der Waals surface area (Å²) in [6.07, 6.45) is 0. The Kier molecular flexibility index (Phi) is 4.11. The second-order valence-corrected chi connectivity index (χ2v) is 7.93. The van der Waals surface area contributed by atoms with Crippen LogP contribution in [0.4, 0.5) is 5.69 Å². The molecule has 2 amide bonds. The van der Waals surface area contributed by atoms with Gasteiger partial charge in [-0.2, -0.15) is 0 Å². The maximum absolute atomic E-state index is 12.6. The Morgan fingerprint density at radius 1 is 1.24 bits per heavy atom. The number of aromatic nitrogens is 3. The Balaban J connectivity index is 1.87. The van der Waals surface area contributed by atoms with Crippen molar-refractivity contribution in [1.29, 1.82) is 0 Å². The van der Waals surface area contributed by atoms with Crippen LogP contribution in [-0.4, -0.2) is 33.6 Å². The second kappa shape index (κ2) is 6.30. The van der Waals surface area contributed by atoms with Gasteiger partial charge < -0.3 is 15.1 Å². The summed E-state index contributed by atoms with van der Waals surface area (Å²) >= 11 is 0. The molecule has 0 saturated carbocycles. The monoisotopic (exact) mass is 393 g/mol. The number of carbonyl (C=O) groups is 2. The minimum atomic E-state index is -0.643. The first-order valence-corrected chi connectivity index (χ1v) is 9.33. The number of nitrogens with zero attached hydrogens (tertiary/aromatic N) is 4. The fourth-order valence-electron chi connectivity index (χ4n) is 3.89. The number of aryl methyl sites for hydroxylation is 2. The lowest BCUT2D eigenvalue weighted by Crippen LogP contribution is -2.33. The zero-order chi connectivity index (χ0) is 21.1. The average Bonchev–Trinajstić information content (AvgIpc) is 3.25. The van der Waals surface area contributed by atoms with E-state index >= 15 is 0 Å². The molecule has 8 nitrogen and oxygen atoms in total. The number of anilines is 1. The highest BCUT2D eigenvalue weighted by atomic mass is 16.3. The molecule has 0 aliphatic carbocycles. The number of hydrogen-bond donors (Lipinski definition) is 1. The van der Waals surface area contributed by atoms with E-state index in [9.17, 15) is 9.59 Å². The molecule has 3 heterocycles. The number of nitrogens with two attached hydrogens (primary N) is 1. The molecule has 8 heteroatoms. The van der Waals surface area contributed by atoms with Gasteiger partial charge in [0.2, 0.25) is 11.8 Å². The van der Waals surface area contributed by atoms with Crippen molar-refractivity contribution < 1.29 is 14.0 Å². The molecule has 0 bridgehead atoms. The molecule has 1 aliphatic rings. The van der Waals surface area contributed by atoms with Gasteiger partial charge in [-0.05, 0) is 57.5 Å². The van der Waals surface area contributed by atoms with Gasteiger partial charge in [0.05, 0.1) is 11.0 Å². The van der Waals surface area contributed by atoms with Gasteiger partial charge in [0, 0.05) is 18.3 Å². The van der Waals surface area contributed by atoms with E-state index in [-0.39, 0.29) is 12.5 Å². The smallest absolute Gasteiger partial charge is 0.239 e. The van der Waals surface area contributed by atoms with Crippen LogP contribution in [0.2, 0.25) is 0 Å². The Labute approximate surface area is 168 Å². The molecule has 2 aromatic heterocycles. The number of fused-ring (bicyclic) bond motifs is 1. The van der Waals surface area contributed by atoms with Gasteiger partial charge in [0.25, 0.3) is 0 Å². The van der Waals surface area contributed by atoms with Crippen molar-refractivity contribution in [1.82, 2.24) is 14.8 Å². The molecule has 2 N–H and O–H groups in total. The quantitative estimate of drug-likeness (QED) is 0.733. The van der Waals surface area contributed by atoms with Crippen molar-refractivity contribution in [2.24, 2.45) is 5.73 Å². The van der Waals surface area contributed by atoms with Gasteiger partial charge in [-0.1, -0.05) is 0 Å². The summed E-state index contributed by atoms with van der Waals surface area (Å²) in [5, 5.41) is 4.50. The zero-order valence-electron chi connectivity index (χ0n) is 17.1. The zero-order valence-corrected chi connectivity index (χ0v) is 17.1. The topological polar surface area (TPSA) is 107 Å². The lowest BCUT2D eigenvalue weighted by atomic mass is 9.85. The number of primary amides is 1. The van der Waals surface area contributed by atoms with E-state index in [2.05, 4.69) is 10.1 Å². The maximum Gasteiger partial charge on any atom is 0.239 e. The molecule has 1 aromatic carbocycles. The lowest BCUT2D eigenvalue weighted by molar-refractivity contribution is -0.122. The molecule has 1 aliphatic heterocycles. The molecular weight excluding hydrogens is 370 g/mol. The molecular formula is C21H23N5O3. The first kappa shape index (κ1) is 18.9. The van der Waals surface area contributed by atoms with Gasteiger partial charge in [-0.25, -0.2) is 9.67 Å². The van der Waals surface area contributed by atoms with Crippen molar-refractivity contribution in [3.63, 3.8) is 0 Å². The van der Waals surface area contributed by atoms with Crippen molar-refractivity contribution >= 4 is 17.5 Å². The Hall–Kier alpha value is -3.42. The summed E-state index contributed by atoms with van der Waals surface area (Å²) in [4.78, 5) is 30.5. The van der Waals surface area contributed by atoms with Gasteiger partial charge in [-0.3, -0.25) is 9.59 Å². The second-order valence-electron chi connectivity index (χ2n) is 7.93. The van der Waals surface area contributed by atoms with Gasteiger partial charge in [0.1, 0.15) is 18.1 Å². The number of furan rings is 1. The van der Waals surface area contributed by atoms with Crippen molar-refractivity contribution in [2.45, 2.75) is 39.7 Å². The van der Waals surface area contributed by atoms with Crippen LogP contribution in [0.1, 0.15) is 30.9 Å². The highest BCUT2D eigenvalue weighted by Gasteiger charge is 2.42. The fourth-order valence-corrected chi connectivity index (χ4v) is 3.89. The number of amides is 2. The normalized spacial score (nSPS) is 15.1. The minimum absolute atomic E-state index is 0.0356. The summed E-state index contributed by atoms with van der Waals surface area (Å²) < 4.78 is 7.09. The fraction of sp³-hybridized carbons (Fsp3) is 0.333. The maximum atomic E-state index is 12.6. The third-order valence-corrected chi connectivity index (χ3v) is 5.39. The minimum Gasteiger partial charge on any atom is -0.466 e. The van der Waals surface area contributed by atoms with E-state index in [4.69, 9.17) is 10.2 Å². The molecule has 150 valence electrons.